The molecule has 2 heteroatoms. The topological polar surface area (TPSA) is 23.8 Å². The lowest BCUT2D eigenvalue weighted by molar-refractivity contribution is 0.297. The van der Waals surface area contributed by atoms with E-state index in [2.05, 4.69) is 67.9 Å². The first-order chi connectivity index (χ1) is 10.3. The third-order valence-corrected chi connectivity index (χ3v) is 4.87. The molecule has 0 aliphatic heterocycles. The van der Waals surface area contributed by atoms with Crippen molar-refractivity contribution < 1.29 is 0 Å². The quantitative estimate of drug-likeness (QED) is 0.614. The Morgan fingerprint density at radius 3 is 2.55 bits per heavy atom. The molecule has 0 N–H and O–H groups in total. The first kappa shape index (κ1) is 17.0. The number of rotatable bonds is 4. The summed E-state index contributed by atoms with van der Waals surface area (Å²) in [6, 6.07) is 12.8. The first-order valence-corrected chi connectivity index (χ1v) is 8.71. The van der Waals surface area contributed by atoms with Gasteiger partial charge in [0.25, 0.3) is 0 Å². The second kappa shape index (κ2) is 6.84. The average molecular weight is 358 g/mol. The molecular weight excluding hydrogens is 334 g/mol. The summed E-state index contributed by atoms with van der Waals surface area (Å²) in [4.78, 5) is 0. The molecule has 0 aliphatic carbocycles. The molecule has 0 spiro atoms. The summed E-state index contributed by atoms with van der Waals surface area (Å²) in [5, 5.41) is 11.8. The van der Waals surface area contributed by atoms with E-state index in [9.17, 15) is 5.26 Å². The predicted octanol–water partition coefficient (Wildman–Crippen LogP) is 6.48. The smallest absolute Gasteiger partial charge is 0.101 e. The molecule has 0 heterocycles. The number of nitriles is 1. The Morgan fingerprint density at radius 2 is 1.91 bits per heavy atom. The molecule has 0 bridgehead atoms. The molecule has 1 nitrogen and oxygen atoms in total. The fourth-order valence-electron chi connectivity index (χ4n) is 3.23. The van der Waals surface area contributed by atoms with Crippen molar-refractivity contribution in [2.45, 2.75) is 47.0 Å². The number of hydrogen-bond acceptors (Lipinski definition) is 1. The minimum atomic E-state index is 0.363. The molecular formula is C20H24BrN. The average Bonchev–Trinajstić information content (AvgIpc) is 2.43. The summed E-state index contributed by atoms with van der Waals surface area (Å²) in [6.45, 7) is 9.18. The predicted molar refractivity (Wildman–Crippen MR) is 97.9 cm³/mol. The van der Waals surface area contributed by atoms with Crippen molar-refractivity contribution in [3.63, 3.8) is 0 Å². The Kier molecular flexibility index (Phi) is 5.29. The van der Waals surface area contributed by atoms with Crippen LogP contribution in [0, 0.1) is 22.7 Å². The van der Waals surface area contributed by atoms with Gasteiger partial charge in [0, 0.05) is 4.47 Å². The first-order valence-electron chi connectivity index (χ1n) is 7.92. The summed E-state index contributed by atoms with van der Waals surface area (Å²) < 4.78 is 0.937. The maximum absolute atomic E-state index is 9.53. The molecule has 0 aliphatic rings. The van der Waals surface area contributed by atoms with Crippen molar-refractivity contribution in [1.29, 1.82) is 5.26 Å². The zero-order chi connectivity index (χ0) is 16.3. The monoisotopic (exact) mass is 357 g/mol. The van der Waals surface area contributed by atoms with Crippen LogP contribution in [0.3, 0.4) is 0 Å². The summed E-state index contributed by atoms with van der Waals surface area (Å²) in [6.07, 6.45) is 3.30. The van der Waals surface area contributed by atoms with Crippen LogP contribution < -0.4 is 0 Å². The fourth-order valence-corrected chi connectivity index (χ4v) is 3.93. The minimum absolute atomic E-state index is 0.363. The molecule has 0 saturated heterocycles. The minimum Gasteiger partial charge on any atom is -0.192 e. The van der Waals surface area contributed by atoms with Gasteiger partial charge >= 0.3 is 0 Å². The lowest BCUT2D eigenvalue weighted by atomic mass is 9.83. The van der Waals surface area contributed by atoms with Gasteiger partial charge in [-0.25, -0.2) is 0 Å². The zero-order valence-electron chi connectivity index (χ0n) is 13.9. The molecule has 0 amide bonds. The SMILES string of the molecule is CC(CCc1cc2ccccc2c(Br)c1C#N)CC(C)(C)C. The maximum atomic E-state index is 9.53. The van der Waals surface area contributed by atoms with Crippen LogP contribution >= 0.6 is 15.9 Å². The van der Waals surface area contributed by atoms with Gasteiger partial charge in [-0.15, -0.1) is 0 Å². The van der Waals surface area contributed by atoms with Gasteiger partial charge in [-0.2, -0.15) is 5.26 Å². The van der Waals surface area contributed by atoms with Crippen LogP contribution in [0.4, 0.5) is 0 Å². The van der Waals surface area contributed by atoms with Gasteiger partial charge < -0.3 is 0 Å². The van der Waals surface area contributed by atoms with E-state index in [1.807, 2.05) is 12.1 Å². The molecule has 1 unspecified atom stereocenters. The molecule has 2 aromatic carbocycles. The number of aryl methyl sites for hydroxylation is 1. The highest BCUT2D eigenvalue weighted by molar-refractivity contribution is 9.10. The second-order valence-electron chi connectivity index (χ2n) is 7.47. The van der Waals surface area contributed by atoms with Crippen LogP contribution in [0.25, 0.3) is 10.8 Å². The third kappa shape index (κ3) is 4.11. The van der Waals surface area contributed by atoms with Gasteiger partial charge in [-0.1, -0.05) is 52.0 Å². The van der Waals surface area contributed by atoms with Crippen molar-refractivity contribution in [3.8, 4) is 6.07 Å². The summed E-state index contributed by atoms with van der Waals surface area (Å²) in [5.74, 6) is 0.664. The van der Waals surface area contributed by atoms with Gasteiger partial charge in [0.1, 0.15) is 6.07 Å². The second-order valence-corrected chi connectivity index (χ2v) is 8.26. The molecule has 0 aromatic heterocycles. The van der Waals surface area contributed by atoms with E-state index in [-0.39, 0.29) is 0 Å². The number of fused-ring (bicyclic) bond motifs is 1. The Morgan fingerprint density at radius 1 is 1.23 bits per heavy atom. The Bertz CT molecular complexity index is 704. The van der Waals surface area contributed by atoms with Gasteiger partial charge in [-0.05, 0) is 68.9 Å². The number of hydrogen-bond donors (Lipinski definition) is 0. The highest BCUT2D eigenvalue weighted by atomic mass is 79.9. The Labute approximate surface area is 142 Å². The third-order valence-electron chi connectivity index (χ3n) is 4.05. The van der Waals surface area contributed by atoms with Crippen LogP contribution in [0.2, 0.25) is 0 Å². The maximum Gasteiger partial charge on any atom is 0.101 e. The van der Waals surface area contributed by atoms with E-state index in [0.717, 1.165) is 33.8 Å². The van der Waals surface area contributed by atoms with Gasteiger partial charge in [-0.3, -0.25) is 0 Å². The van der Waals surface area contributed by atoms with E-state index in [0.29, 0.717) is 11.3 Å². The highest BCUT2D eigenvalue weighted by Crippen LogP contribution is 2.32. The normalized spacial score (nSPS) is 13.1. The molecule has 2 rings (SSSR count). The molecule has 0 radical (unpaired) electrons. The van der Waals surface area contributed by atoms with Gasteiger partial charge in [0.05, 0.1) is 5.56 Å². The van der Waals surface area contributed by atoms with E-state index in [1.165, 1.54) is 11.8 Å². The van der Waals surface area contributed by atoms with Crippen molar-refractivity contribution in [1.82, 2.24) is 0 Å². The molecule has 0 fully saturated rings. The van der Waals surface area contributed by atoms with E-state index >= 15 is 0 Å². The van der Waals surface area contributed by atoms with Crippen molar-refractivity contribution in [2.75, 3.05) is 0 Å². The van der Waals surface area contributed by atoms with E-state index in [1.54, 1.807) is 0 Å². The molecule has 116 valence electrons. The Balaban J connectivity index is 2.26. The van der Waals surface area contributed by atoms with Crippen LogP contribution in [0.15, 0.2) is 34.8 Å². The summed E-state index contributed by atoms with van der Waals surface area (Å²) in [5.41, 5.74) is 2.32. The van der Waals surface area contributed by atoms with Gasteiger partial charge in [0.2, 0.25) is 0 Å². The molecule has 22 heavy (non-hydrogen) atoms. The van der Waals surface area contributed by atoms with Crippen LogP contribution in [-0.4, -0.2) is 0 Å². The summed E-state index contributed by atoms with van der Waals surface area (Å²) >= 11 is 3.63. The van der Waals surface area contributed by atoms with E-state index < -0.39 is 0 Å². The highest BCUT2D eigenvalue weighted by Gasteiger charge is 2.17. The van der Waals surface area contributed by atoms with Crippen molar-refractivity contribution in [3.05, 3.63) is 45.9 Å². The Hall–Kier alpha value is -1.33. The lowest BCUT2D eigenvalue weighted by Crippen LogP contribution is -2.11. The lowest BCUT2D eigenvalue weighted by Gasteiger charge is -2.23. The number of benzene rings is 2. The number of nitrogens with zero attached hydrogens (tertiary/aromatic N) is 1. The standard InChI is InChI=1S/C20H24BrN/c1-14(12-20(2,3)4)9-10-16-11-15-7-5-6-8-17(15)19(21)18(16)13-22/h5-8,11,14H,9-10,12H2,1-4H3. The largest absolute Gasteiger partial charge is 0.192 e. The summed E-state index contributed by atoms with van der Waals surface area (Å²) in [7, 11) is 0. The van der Waals surface area contributed by atoms with Crippen LogP contribution in [0.5, 0.6) is 0 Å². The van der Waals surface area contributed by atoms with Crippen LogP contribution in [-0.2, 0) is 6.42 Å². The number of halogens is 1. The van der Waals surface area contributed by atoms with Crippen molar-refractivity contribution >= 4 is 26.7 Å². The zero-order valence-corrected chi connectivity index (χ0v) is 15.5. The van der Waals surface area contributed by atoms with E-state index in [4.69, 9.17) is 0 Å². The fraction of sp³-hybridized carbons (Fsp3) is 0.450. The molecule has 0 saturated carbocycles. The molecule has 1 atom stereocenters. The molecule has 2 aromatic rings. The van der Waals surface area contributed by atoms with Crippen molar-refractivity contribution in [2.24, 2.45) is 11.3 Å². The van der Waals surface area contributed by atoms with Gasteiger partial charge in [0.15, 0.2) is 0 Å². The van der Waals surface area contributed by atoms with Crippen LogP contribution in [0.1, 0.15) is 51.7 Å².